The molecule has 0 aliphatic carbocycles. The van der Waals surface area contributed by atoms with Gasteiger partial charge in [-0.15, -0.1) is 0 Å². The summed E-state index contributed by atoms with van der Waals surface area (Å²) in [7, 11) is 4.23. The molecular weight excluding hydrogens is 220 g/mol. The topological polar surface area (TPSA) is 6.48 Å². The monoisotopic (exact) mass is 238 g/mol. The molecular formula is C13H19ClN2. The van der Waals surface area contributed by atoms with E-state index in [9.17, 15) is 0 Å². The van der Waals surface area contributed by atoms with Crippen LogP contribution in [0.5, 0.6) is 0 Å². The van der Waals surface area contributed by atoms with E-state index < -0.39 is 0 Å². The Morgan fingerprint density at radius 1 is 1.12 bits per heavy atom. The van der Waals surface area contributed by atoms with Crippen LogP contribution in [0.2, 0.25) is 5.02 Å². The molecule has 1 aliphatic rings. The summed E-state index contributed by atoms with van der Waals surface area (Å²) >= 11 is 5.90. The summed E-state index contributed by atoms with van der Waals surface area (Å²) in [6, 6.07) is 8.32. The first-order chi connectivity index (χ1) is 7.66. The van der Waals surface area contributed by atoms with Crippen LogP contribution in [0.4, 0.5) is 0 Å². The van der Waals surface area contributed by atoms with Crippen LogP contribution in [0, 0.1) is 0 Å². The minimum Gasteiger partial charge on any atom is -0.248 e. The van der Waals surface area contributed by atoms with Crippen molar-refractivity contribution < 1.29 is 0 Å². The third-order valence-corrected chi connectivity index (χ3v) is 3.63. The number of hydrazine groups is 1. The maximum absolute atomic E-state index is 5.90. The highest BCUT2D eigenvalue weighted by Crippen LogP contribution is 2.28. The minimum absolute atomic E-state index is 0.702. The fourth-order valence-electron chi connectivity index (χ4n) is 2.33. The second kappa shape index (κ2) is 5.17. The summed E-state index contributed by atoms with van der Waals surface area (Å²) < 4.78 is 0. The van der Waals surface area contributed by atoms with Gasteiger partial charge in [0.05, 0.1) is 0 Å². The van der Waals surface area contributed by atoms with E-state index in [2.05, 4.69) is 36.2 Å². The molecule has 16 heavy (non-hydrogen) atoms. The van der Waals surface area contributed by atoms with Crippen LogP contribution in [0.3, 0.4) is 0 Å². The second-order valence-electron chi connectivity index (χ2n) is 4.63. The zero-order valence-electron chi connectivity index (χ0n) is 9.99. The van der Waals surface area contributed by atoms with Crippen LogP contribution in [0.25, 0.3) is 0 Å². The fraction of sp³-hybridized carbons (Fsp3) is 0.538. The lowest BCUT2D eigenvalue weighted by Gasteiger charge is -2.36. The largest absolute Gasteiger partial charge is 0.248 e. The Morgan fingerprint density at radius 2 is 1.69 bits per heavy atom. The zero-order valence-corrected chi connectivity index (χ0v) is 10.7. The highest BCUT2D eigenvalue weighted by Gasteiger charge is 2.21. The molecule has 0 radical (unpaired) electrons. The molecule has 1 aromatic rings. The predicted molar refractivity (Wildman–Crippen MR) is 68.7 cm³/mol. The van der Waals surface area contributed by atoms with Crippen molar-refractivity contribution in [2.75, 3.05) is 27.2 Å². The summed E-state index contributed by atoms with van der Waals surface area (Å²) in [5.41, 5.74) is 1.43. The van der Waals surface area contributed by atoms with E-state index in [-0.39, 0.29) is 0 Å². The van der Waals surface area contributed by atoms with Gasteiger partial charge < -0.3 is 0 Å². The molecule has 2 nitrogen and oxygen atoms in total. The Hall–Kier alpha value is -0.570. The maximum atomic E-state index is 5.90. The predicted octanol–water partition coefficient (Wildman–Crippen LogP) is 3.00. The Kier molecular flexibility index (Phi) is 3.85. The van der Waals surface area contributed by atoms with Crippen molar-refractivity contribution in [2.24, 2.45) is 0 Å². The van der Waals surface area contributed by atoms with Crippen LogP contribution in [0.15, 0.2) is 24.3 Å². The van der Waals surface area contributed by atoms with Gasteiger partial charge >= 0.3 is 0 Å². The SMILES string of the molecule is CN(C)N1CCC(c2ccc(Cl)cc2)CC1. The normalized spacial score (nSPS) is 19.2. The third-order valence-electron chi connectivity index (χ3n) is 3.38. The van der Waals surface area contributed by atoms with Crippen molar-refractivity contribution in [2.45, 2.75) is 18.8 Å². The quantitative estimate of drug-likeness (QED) is 0.782. The zero-order chi connectivity index (χ0) is 11.5. The van der Waals surface area contributed by atoms with E-state index in [1.165, 1.54) is 18.4 Å². The number of piperidine rings is 1. The van der Waals surface area contributed by atoms with Crippen molar-refractivity contribution in [3.63, 3.8) is 0 Å². The van der Waals surface area contributed by atoms with Gasteiger partial charge in [0.25, 0.3) is 0 Å². The summed E-state index contributed by atoms with van der Waals surface area (Å²) in [6.45, 7) is 2.31. The van der Waals surface area contributed by atoms with Gasteiger partial charge in [0, 0.05) is 32.2 Å². The Balaban J connectivity index is 1.96. The lowest BCUT2D eigenvalue weighted by atomic mass is 9.90. The van der Waals surface area contributed by atoms with Gasteiger partial charge in [-0.1, -0.05) is 23.7 Å². The molecule has 3 heteroatoms. The molecule has 1 saturated heterocycles. The molecule has 0 bridgehead atoms. The van der Waals surface area contributed by atoms with E-state index in [1.54, 1.807) is 0 Å². The van der Waals surface area contributed by atoms with Gasteiger partial charge in [0.1, 0.15) is 0 Å². The van der Waals surface area contributed by atoms with Crippen molar-refractivity contribution in [3.8, 4) is 0 Å². The van der Waals surface area contributed by atoms with E-state index >= 15 is 0 Å². The third kappa shape index (κ3) is 2.76. The van der Waals surface area contributed by atoms with Gasteiger partial charge in [0.2, 0.25) is 0 Å². The molecule has 0 N–H and O–H groups in total. The maximum Gasteiger partial charge on any atom is 0.0406 e. The highest BCUT2D eigenvalue weighted by molar-refractivity contribution is 6.30. The van der Waals surface area contributed by atoms with Crippen LogP contribution in [0.1, 0.15) is 24.3 Å². The number of hydrogen-bond donors (Lipinski definition) is 0. The van der Waals surface area contributed by atoms with Crippen LogP contribution < -0.4 is 0 Å². The summed E-state index contributed by atoms with van der Waals surface area (Å²) in [5, 5.41) is 5.42. The molecule has 1 aliphatic heterocycles. The van der Waals surface area contributed by atoms with E-state index in [0.29, 0.717) is 5.92 Å². The van der Waals surface area contributed by atoms with Gasteiger partial charge in [0.15, 0.2) is 0 Å². The van der Waals surface area contributed by atoms with Gasteiger partial charge in [-0.25, -0.2) is 10.0 Å². The average Bonchev–Trinajstić information content (AvgIpc) is 2.30. The van der Waals surface area contributed by atoms with Gasteiger partial charge in [-0.05, 0) is 36.5 Å². The first-order valence-corrected chi connectivity index (χ1v) is 6.22. The van der Waals surface area contributed by atoms with E-state index in [4.69, 9.17) is 11.6 Å². The molecule has 0 saturated carbocycles. The summed E-state index contributed by atoms with van der Waals surface area (Å²) in [4.78, 5) is 0. The average molecular weight is 239 g/mol. The smallest absolute Gasteiger partial charge is 0.0406 e. The molecule has 88 valence electrons. The van der Waals surface area contributed by atoms with Crippen LogP contribution >= 0.6 is 11.6 Å². The molecule has 0 amide bonds. The number of halogens is 1. The van der Waals surface area contributed by atoms with Crippen LogP contribution in [-0.2, 0) is 0 Å². The van der Waals surface area contributed by atoms with Crippen molar-refractivity contribution in [1.29, 1.82) is 0 Å². The highest BCUT2D eigenvalue weighted by atomic mass is 35.5. The number of benzene rings is 1. The van der Waals surface area contributed by atoms with Crippen molar-refractivity contribution in [3.05, 3.63) is 34.9 Å². The first kappa shape index (κ1) is 11.9. The number of rotatable bonds is 2. The molecule has 2 rings (SSSR count). The lowest BCUT2D eigenvalue weighted by Crippen LogP contribution is -2.42. The van der Waals surface area contributed by atoms with Gasteiger partial charge in [-0.3, -0.25) is 0 Å². The Morgan fingerprint density at radius 3 is 2.19 bits per heavy atom. The minimum atomic E-state index is 0.702. The number of nitrogens with zero attached hydrogens (tertiary/aromatic N) is 2. The molecule has 1 heterocycles. The summed E-state index contributed by atoms with van der Waals surface area (Å²) in [6.07, 6.45) is 2.47. The molecule has 1 aromatic carbocycles. The lowest BCUT2D eigenvalue weighted by molar-refractivity contribution is 0.00232. The number of hydrogen-bond acceptors (Lipinski definition) is 2. The Bertz CT molecular complexity index is 326. The fourth-order valence-corrected chi connectivity index (χ4v) is 2.46. The Labute approximate surface area is 103 Å². The molecule has 1 fully saturated rings. The molecule has 0 atom stereocenters. The van der Waals surface area contributed by atoms with Crippen LogP contribution in [-0.4, -0.2) is 37.2 Å². The molecule has 0 spiro atoms. The van der Waals surface area contributed by atoms with Crippen molar-refractivity contribution >= 4 is 11.6 Å². The molecule has 0 unspecified atom stereocenters. The summed E-state index contributed by atoms with van der Waals surface area (Å²) in [5.74, 6) is 0.702. The van der Waals surface area contributed by atoms with Gasteiger partial charge in [-0.2, -0.15) is 0 Å². The van der Waals surface area contributed by atoms with E-state index in [1.807, 2.05) is 12.1 Å². The molecule has 0 aromatic heterocycles. The second-order valence-corrected chi connectivity index (χ2v) is 5.06. The standard InChI is InChI=1S/C13H19ClN2/c1-15(2)16-9-7-12(8-10-16)11-3-5-13(14)6-4-11/h3-6,12H,7-10H2,1-2H3. The van der Waals surface area contributed by atoms with E-state index in [0.717, 1.165) is 18.1 Å². The van der Waals surface area contributed by atoms with Crippen molar-refractivity contribution in [1.82, 2.24) is 10.0 Å². The first-order valence-electron chi connectivity index (χ1n) is 5.84.